The number of anilines is 1. The average Bonchev–Trinajstić information content (AvgIpc) is 2.83. The maximum absolute atomic E-state index is 13.3. The number of ether oxygens (including phenoxy) is 1. The van der Waals surface area contributed by atoms with Crippen LogP contribution in [0.5, 0.6) is 5.88 Å². The molecule has 3 aromatic rings. The van der Waals surface area contributed by atoms with Crippen LogP contribution in [0.15, 0.2) is 60.7 Å². The molecule has 33 heavy (non-hydrogen) atoms. The molecule has 9 heteroatoms. The number of nitrogens with two attached hydrogens (primary N) is 1. The summed E-state index contributed by atoms with van der Waals surface area (Å²) in [7, 11) is 0. The van der Waals surface area contributed by atoms with Crippen molar-refractivity contribution >= 4 is 35.8 Å². The van der Waals surface area contributed by atoms with Crippen molar-refractivity contribution in [3.05, 3.63) is 77.1 Å². The molecule has 0 aliphatic heterocycles. The van der Waals surface area contributed by atoms with Gasteiger partial charge < -0.3 is 21.1 Å². The molecule has 0 aliphatic carbocycles. The summed E-state index contributed by atoms with van der Waals surface area (Å²) in [5.41, 5.74) is 8.89. The predicted molar refractivity (Wildman–Crippen MR) is 133 cm³/mol. The molecule has 1 amide bonds. The molecular weight excluding hydrogens is 463 g/mol. The van der Waals surface area contributed by atoms with E-state index in [0.717, 1.165) is 5.56 Å². The number of carbonyl (C=O) groups excluding carboxylic acids is 1. The van der Waals surface area contributed by atoms with Crippen molar-refractivity contribution in [3.63, 3.8) is 0 Å². The Kier molecular flexibility index (Phi) is 8.94. The fourth-order valence-electron chi connectivity index (χ4n) is 2.94. The number of thiol groups is 1. The first-order valence-electron chi connectivity index (χ1n) is 10.4. The first-order chi connectivity index (χ1) is 15.9. The van der Waals surface area contributed by atoms with Crippen LogP contribution in [0.4, 0.5) is 10.1 Å². The monoisotopic (exact) mass is 488 g/mol. The average molecular weight is 489 g/mol. The zero-order chi connectivity index (χ0) is 23.8. The lowest BCUT2D eigenvalue weighted by Crippen LogP contribution is -2.36. The molecule has 3 rings (SSSR count). The van der Waals surface area contributed by atoms with E-state index in [0.29, 0.717) is 29.2 Å². The van der Waals surface area contributed by atoms with Gasteiger partial charge in [-0.15, -0.1) is 0 Å². The fourth-order valence-corrected chi connectivity index (χ4v) is 3.28. The Morgan fingerprint density at radius 1 is 1.21 bits per heavy atom. The number of hydrogen-bond acceptors (Lipinski definition) is 6. The van der Waals surface area contributed by atoms with Gasteiger partial charge >= 0.3 is 0 Å². The Hall–Kier alpha value is -2.81. The fraction of sp³-hybridized carbons (Fsp3) is 0.250. The van der Waals surface area contributed by atoms with Crippen molar-refractivity contribution in [2.45, 2.75) is 25.6 Å². The van der Waals surface area contributed by atoms with Crippen molar-refractivity contribution in [2.24, 2.45) is 5.73 Å². The molecule has 1 aromatic heterocycles. The lowest BCUT2D eigenvalue weighted by Gasteiger charge is -2.19. The van der Waals surface area contributed by atoms with E-state index in [1.165, 1.54) is 12.1 Å². The molecule has 0 aliphatic rings. The number of rotatable bonds is 10. The Morgan fingerprint density at radius 3 is 2.67 bits per heavy atom. The van der Waals surface area contributed by atoms with E-state index >= 15 is 0 Å². The van der Waals surface area contributed by atoms with Crippen LogP contribution in [0.25, 0.3) is 11.3 Å². The number of benzene rings is 2. The van der Waals surface area contributed by atoms with Gasteiger partial charge in [0.2, 0.25) is 5.88 Å². The molecule has 0 bridgehead atoms. The second-order valence-corrected chi connectivity index (χ2v) is 8.24. The summed E-state index contributed by atoms with van der Waals surface area (Å²) in [5, 5.41) is 5.98. The molecule has 0 saturated carbocycles. The molecule has 0 saturated heterocycles. The number of pyridine rings is 1. The number of nitrogens with one attached hydrogen (secondary N) is 2. The third-order valence-corrected chi connectivity index (χ3v) is 5.59. The van der Waals surface area contributed by atoms with Gasteiger partial charge in [0, 0.05) is 30.4 Å². The molecule has 0 spiro atoms. The van der Waals surface area contributed by atoms with Crippen LogP contribution >= 0.6 is 24.2 Å². The SMILES string of the molecule is CC(Oc1nc(-c2ccccc2)ccc1NCC(N)CS)C(=O)NCc1ccc(F)c(Cl)c1. The van der Waals surface area contributed by atoms with Crippen LogP contribution in [0.1, 0.15) is 12.5 Å². The zero-order valence-electron chi connectivity index (χ0n) is 18.1. The minimum absolute atomic E-state index is 0.00288. The van der Waals surface area contributed by atoms with E-state index in [-0.39, 0.29) is 29.4 Å². The second-order valence-electron chi connectivity index (χ2n) is 7.47. The quantitative estimate of drug-likeness (QED) is 0.320. The number of halogens is 2. The summed E-state index contributed by atoms with van der Waals surface area (Å²) in [6.45, 7) is 2.29. The van der Waals surface area contributed by atoms with Crippen molar-refractivity contribution < 1.29 is 13.9 Å². The number of hydrogen-bond donors (Lipinski definition) is 4. The highest BCUT2D eigenvalue weighted by Gasteiger charge is 2.19. The topological polar surface area (TPSA) is 89.3 Å². The highest BCUT2D eigenvalue weighted by molar-refractivity contribution is 7.80. The third-order valence-electron chi connectivity index (χ3n) is 4.83. The van der Waals surface area contributed by atoms with Crippen LogP contribution in [0.2, 0.25) is 5.02 Å². The molecule has 2 unspecified atom stereocenters. The Balaban J connectivity index is 1.73. The lowest BCUT2D eigenvalue weighted by molar-refractivity contribution is -0.127. The normalized spacial score (nSPS) is 12.6. The molecule has 2 aromatic carbocycles. The van der Waals surface area contributed by atoms with Crippen LogP contribution < -0.4 is 21.1 Å². The number of amides is 1. The Labute approximate surface area is 203 Å². The van der Waals surface area contributed by atoms with Crippen molar-refractivity contribution in [3.8, 4) is 17.1 Å². The molecule has 4 N–H and O–H groups in total. The first kappa shape index (κ1) is 24.8. The Morgan fingerprint density at radius 2 is 1.97 bits per heavy atom. The van der Waals surface area contributed by atoms with Gasteiger partial charge in [-0.05, 0) is 36.8 Å². The van der Waals surface area contributed by atoms with Crippen molar-refractivity contribution in [1.29, 1.82) is 0 Å². The highest BCUT2D eigenvalue weighted by Crippen LogP contribution is 2.28. The Bertz CT molecular complexity index is 1090. The van der Waals surface area contributed by atoms with Gasteiger partial charge in [0.1, 0.15) is 5.82 Å². The summed E-state index contributed by atoms with van der Waals surface area (Å²) in [6, 6.07) is 17.5. The lowest BCUT2D eigenvalue weighted by atomic mass is 10.1. The maximum atomic E-state index is 13.3. The van der Waals surface area contributed by atoms with Crippen LogP contribution in [-0.4, -0.2) is 35.3 Å². The van der Waals surface area contributed by atoms with Gasteiger partial charge in [0.25, 0.3) is 5.91 Å². The predicted octanol–water partition coefficient (Wildman–Crippen LogP) is 4.29. The highest BCUT2D eigenvalue weighted by atomic mass is 35.5. The summed E-state index contributed by atoms with van der Waals surface area (Å²) in [5.74, 6) is -0.0497. The summed E-state index contributed by atoms with van der Waals surface area (Å²) < 4.78 is 19.3. The summed E-state index contributed by atoms with van der Waals surface area (Å²) in [6.07, 6.45) is -0.835. The van der Waals surface area contributed by atoms with Crippen LogP contribution in [0, 0.1) is 5.82 Å². The van der Waals surface area contributed by atoms with Crippen molar-refractivity contribution in [1.82, 2.24) is 10.3 Å². The van der Waals surface area contributed by atoms with E-state index in [9.17, 15) is 9.18 Å². The van der Waals surface area contributed by atoms with E-state index in [2.05, 4.69) is 28.2 Å². The van der Waals surface area contributed by atoms with E-state index in [4.69, 9.17) is 22.1 Å². The van der Waals surface area contributed by atoms with Crippen molar-refractivity contribution in [2.75, 3.05) is 17.6 Å². The van der Waals surface area contributed by atoms with Gasteiger partial charge in [-0.1, -0.05) is 48.0 Å². The summed E-state index contributed by atoms with van der Waals surface area (Å²) in [4.78, 5) is 17.3. The van der Waals surface area contributed by atoms with Gasteiger partial charge in [-0.2, -0.15) is 12.6 Å². The smallest absolute Gasteiger partial charge is 0.261 e. The van der Waals surface area contributed by atoms with Gasteiger partial charge in [0.15, 0.2) is 6.10 Å². The maximum Gasteiger partial charge on any atom is 0.261 e. The molecule has 6 nitrogen and oxygen atoms in total. The minimum atomic E-state index is -0.835. The minimum Gasteiger partial charge on any atom is -0.463 e. The second kappa shape index (κ2) is 11.9. The number of nitrogens with zero attached hydrogens (tertiary/aromatic N) is 1. The standard InChI is InChI=1S/C24H26ClFN4O2S/c1-15(23(31)29-12-16-7-8-20(26)19(25)11-16)32-24-22(28-13-18(27)14-33)10-9-21(30-24)17-5-3-2-4-6-17/h2-11,15,18,28,33H,12-14,27H2,1H3,(H,29,31). The molecular formula is C24H26ClFN4O2S. The first-order valence-corrected chi connectivity index (χ1v) is 11.4. The van der Waals surface area contributed by atoms with Gasteiger partial charge in [0.05, 0.1) is 16.4 Å². The zero-order valence-corrected chi connectivity index (χ0v) is 19.7. The summed E-state index contributed by atoms with van der Waals surface area (Å²) >= 11 is 10.0. The third kappa shape index (κ3) is 7.08. The molecule has 0 fully saturated rings. The number of carbonyl (C=O) groups is 1. The van der Waals surface area contributed by atoms with E-state index in [1.54, 1.807) is 13.0 Å². The van der Waals surface area contributed by atoms with Gasteiger partial charge in [-0.25, -0.2) is 9.37 Å². The van der Waals surface area contributed by atoms with Crippen LogP contribution in [-0.2, 0) is 11.3 Å². The molecule has 0 radical (unpaired) electrons. The van der Waals surface area contributed by atoms with E-state index in [1.807, 2.05) is 42.5 Å². The molecule has 2 atom stereocenters. The van der Waals surface area contributed by atoms with E-state index < -0.39 is 11.9 Å². The largest absolute Gasteiger partial charge is 0.463 e. The molecule has 174 valence electrons. The number of aromatic nitrogens is 1. The molecule has 1 heterocycles. The van der Waals surface area contributed by atoms with Gasteiger partial charge in [-0.3, -0.25) is 4.79 Å². The van der Waals surface area contributed by atoms with Crippen LogP contribution in [0.3, 0.4) is 0 Å².